The van der Waals surface area contributed by atoms with Gasteiger partial charge in [-0.05, 0) is 0 Å². The first-order valence-electron chi connectivity index (χ1n) is 4.14. The van der Waals surface area contributed by atoms with Crippen molar-refractivity contribution in [2.24, 2.45) is 0 Å². The Labute approximate surface area is 153 Å². The Morgan fingerprint density at radius 2 is 0.667 bits per heavy atom. The molecule has 2 aliphatic rings. The van der Waals surface area contributed by atoms with Gasteiger partial charge in [0.2, 0.25) is 0 Å². The maximum absolute atomic E-state index is 6.37. The van der Waals surface area contributed by atoms with Crippen LogP contribution in [-0.4, -0.2) is 18.4 Å². The second-order valence-corrected chi connectivity index (χ2v) is 9.02. The molecule has 0 spiro atoms. The Hall–Kier alpha value is 2.38. The van der Waals surface area contributed by atoms with Crippen molar-refractivity contribution < 1.29 is 0 Å². The summed E-state index contributed by atoms with van der Waals surface area (Å²) in [6.45, 7) is 0. The molecule has 2 rings (SSSR count). The fraction of sp³-hybridized carbons (Fsp3) is 0.500. The van der Waals surface area contributed by atoms with Gasteiger partial charge in [-0.25, -0.2) is 0 Å². The Bertz CT molecular complexity index is 456. The van der Waals surface area contributed by atoms with Gasteiger partial charge in [-0.15, -0.1) is 23.2 Å². The zero-order valence-corrected chi connectivity index (χ0v) is 15.3. The summed E-state index contributed by atoms with van der Waals surface area (Å²) in [6, 6.07) is 0. The number of halogens is 10. The van der Waals surface area contributed by atoms with E-state index in [1.54, 1.807) is 0 Å². The van der Waals surface area contributed by atoms with Gasteiger partial charge in [-0.3, -0.25) is 0 Å². The number of fused-ring (bicyclic) bond motifs is 1. The Kier molecular flexibility index (Phi) is 4.13. The van der Waals surface area contributed by atoms with E-state index < -0.39 is 18.4 Å². The van der Waals surface area contributed by atoms with Crippen LogP contribution < -0.4 is 0 Å². The third-order valence-electron chi connectivity index (χ3n) is 2.88. The van der Waals surface area contributed by atoms with Crippen molar-refractivity contribution in [1.82, 2.24) is 0 Å². The van der Waals surface area contributed by atoms with Crippen molar-refractivity contribution in [3.05, 3.63) is 20.1 Å². The normalized spacial score (nSPS) is 41.7. The topological polar surface area (TPSA) is 0 Å². The molecule has 2 atom stereocenters. The van der Waals surface area contributed by atoms with Gasteiger partial charge in [-0.2, -0.15) is 0 Å². The van der Waals surface area contributed by atoms with Gasteiger partial charge >= 0.3 is 0 Å². The minimum Gasteiger partial charge on any atom is -0.107 e. The smallest absolute Gasteiger partial charge is 0.107 e. The molecule has 2 aliphatic carbocycles. The number of allylic oxidation sites excluding steroid dienone is 4. The number of hydrogen-bond acceptors (Lipinski definition) is 0. The second-order valence-electron chi connectivity index (χ2n) is 3.72. The van der Waals surface area contributed by atoms with Gasteiger partial charge in [0.15, 0.2) is 8.67 Å². The maximum atomic E-state index is 6.37. The molecular weight excluding hydrogens is 451 g/mol. The van der Waals surface area contributed by atoms with Crippen LogP contribution in [0.15, 0.2) is 20.1 Å². The molecule has 10 heteroatoms. The highest BCUT2D eigenvalue weighted by Gasteiger charge is 2.82. The number of alkyl halides is 6. The molecule has 0 saturated carbocycles. The fourth-order valence-corrected chi connectivity index (χ4v) is 6.35. The Balaban J connectivity index is 2.89. The van der Waals surface area contributed by atoms with Crippen LogP contribution in [0.2, 0.25) is 0 Å². The van der Waals surface area contributed by atoms with Crippen molar-refractivity contribution in [2.45, 2.75) is 18.4 Å². The lowest BCUT2D eigenvalue weighted by atomic mass is 9.95. The van der Waals surface area contributed by atoms with Crippen molar-refractivity contribution in [2.75, 3.05) is 0 Å². The van der Waals surface area contributed by atoms with Crippen LogP contribution in [0.25, 0.3) is 0 Å². The van der Waals surface area contributed by atoms with Gasteiger partial charge in [0.05, 0.1) is 20.1 Å². The lowest BCUT2D eigenvalue weighted by Crippen LogP contribution is -2.55. The van der Waals surface area contributed by atoms with Gasteiger partial charge in [0.25, 0.3) is 0 Å². The molecule has 0 aromatic rings. The molecule has 102 valence electrons. The third-order valence-corrected chi connectivity index (χ3v) is 9.43. The molecule has 0 radical (unpaired) electrons. The first-order chi connectivity index (χ1) is 7.88. The van der Waals surface area contributed by atoms with E-state index in [-0.39, 0.29) is 20.1 Å². The third kappa shape index (κ3) is 1.47. The molecule has 0 aliphatic heterocycles. The van der Waals surface area contributed by atoms with Crippen LogP contribution >= 0.6 is 116 Å². The van der Waals surface area contributed by atoms with Crippen molar-refractivity contribution in [3.8, 4) is 0 Å². The molecule has 0 fully saturated rings. The van der Waals surface area contributed by atoms with Crippen LogP contribution in [-0.2, 0) is 0 Å². The minimum atomic E-state index is -1.92. The van der Waals surface area contributed by atoms with Gasteiger partial charge in [0.1, 0.15) is 9.75 Å². The summed E-state index contributed by atoms with van der Waals surface area (Å²) in [5, 5.41) is -0.815. The molecule has 18 heavy (non-hydrogen) atoms. The van der Waals surface area contributed by atoms with Gasteiger partial charge in [0, 0.05) is 0 Å². The number of rotatable bonds is 0. The van der Waals surface area contributed by atoms with E-state index in [9.17, 15) is 0 Å². The monoisotopic (exact) mass is 446 g/mol. The molecule has 0 nitrogen and oxygen atoms in total. The highest BCUT2D eigenvalue weighted by atomic mass is 35.5. The summed E-state index contributed by atoms with van der Waals surface area (Å²) < 4.78 is -3.84. The maximum Gasteiger partial charge on any atom is 0.180 e. The van der Waals surface area contributed by atoms with Gasteiger partial charge < -0.3 is 0 Å². The zero-order chi connectivity index (χ0) is 14.3. The van der Waals surface area contributed by atoms with Crippen LogP contribution in [0.4, 0.5) is 0 Å². The SMILES string of the molecule is ClC1=C(Cl)[C@]2(Cl)C(Cl)(Cl)C(Cl)=C(Cl)[C@@]2(Cl)C1(Cl)Cl. The second kappa shape index (κ2) is 4.44. The van der Waals surface area contributed by atoms with Crippen molar-refractivity contribution in [1.29, 1.82) is 0 Å². The van der Waals surface area contributed by atoms with E-state index in [1.807, 2.05) is 0 Å². The van der Waals surface area contributed by atoms with E-state index in [0.29, 0.717) is 0 Å². The molecule has 0 saturated heterocycles. The molecule has 0 aromatic carbocycles. The first-order valence-corrected chi connectivity index (χ1v) is 7.92. The van der Waals surface area contributed by atoms with E-state index in [1.165, 1.54) is 0 Å². The lowest BCUT2D eigenvalue weighted by Gasteiger charge is -2.40. The largest absolute Gasteiger partial charge is 0.180 e. The van der Waals surface area contributed by atoms with E-state index in [2.05, 4.69) is 0 Å². The highest BCUT2D eigenvalue weighted by molar-refractivity contribution is 6.73. The van der Waals surface area contributed by atoms with E-state index >= 15 is 0 Å². The summed E-state index contributed by atoms with van der Waals surface area (Å²) in [4.78, 5) is -3.75. The fourth-order valence-electron chi connectivity index (χ4n) is 1.89. The molecule has 0 bridgehead atoms. The van der Waals surface area contributed by atoms with E-state index in [0.717, 1.165) is 0 Å². The van der Waals surface area contributed by atoms with E-state index in [4.69, 9.17) is 116 Å². The van der Waals surface area contributed by atoms with Crippen molar-refractivity contribution in [3.63, 3.8) is 0 Å². The number of hydrogen-bond donors (Lipinski definition) is 0. The average Bonchev–Trinajstić information content (AvgIpc) is 2.46. The quantitative estimate of drug-likeness (QED) is 0.361. The highest BCUT2D eigenvalue weighted by Crippen LogP contribution is 2.77. The molecule has 0 heterocycles. The predicted octanol–water partition coefficient (Wildman–Crippen LogP) is 6.69. The first kappa shape index (κ1) is 16.7. The lowest BCUT2D eigenvalue weighted by molar-refractivity contribution is 0.572. The summed E-state index contributed by atoms with van der Waals surface area (Å²) in [5.74, 6) is 0. The standard InChI is InChI=1S/C8Cl10/c9-1-3(11)7(15,16)6(14)2(10)4(12)8(17,18)5(1,6)13/t5-,6+. The van der Waals surface area contributed by atoms with Crippen LogP contribution in [0, 0.1) is 0 Å². The molecule has 0 unspecified atom stereocenters. The summed E-state index contributed by atoms with van der Waals surface area (Å²) in [5.41, 5.74) is 0. The predicted molar refractivity (Wildman–Crippen MR) is 83.5 cm³/mol. The molecule has 0 aromatic heterocycles. The van der Waals surface area contributed by atoms with Crippen LogP contribution in [0.5, 0.6) is 0 Å². The zero-order valence-electron chi connectivity index (χ0n) is 7.78. The minimum absolute atomic E-state index is 0.203. The van der Waals surface area contributed by atoms with Crippen LogP contribution in [0.3, 0.4) is 0 Å². The average molecular weight is 451 g/mol. The molecule has 0 N–H and O–H groups in total. The Morgan fingerprint density at radius 1 is 0.444 bits per heavy atom. The van der Waals surface area contributed by atoms with Crippen LogP contribution in [0.1, 0.15) is 0 Å². The van der Waals surface area contributed by atoms with Crippen molar-refractivity contribution >= 4 is 116 Å². The molecule has 0 amide bonds. The van der Waals surface area contributed by atoms with Gasteiger partial charge in [-0.1, -0.05) is 92.8 Å². The summed E-state index contributed by atoms with van der Waals surface area (Å²) in [6.07, 6.45) is 0. The Morgan fingerprint density at radius 3 is 0.889 bits per heavy atom. The summed E-state index contributed by atoms with van der Waals surface area (Å²) >= 11 is 61.2. The molecular formula is C8Cl10. The summed E-state index contributed by atoms with van der Waals surface area (Å²) in [7, 11) is 0.